The zero-order chi connectivity index (χ0) is 13.9. The van der Waals surface area contributed by atoms with E-state index in [4.69, 9.17) is 11.6 Å². The fourth-order valence-corrected chi connectivity index (χ4v) is 2.96. The van der Waals surface area contributed by atoms with Gasteiger partial charge in [-0.1, -0.05) is 17.7 Å². The van der Waals surface area contributed by atoms with Crippen LogP contribution in [-0.4, -0.2) is 20.4 Å². The zero-order valence-corrected chi connectivity index (χ0v) is 11.7. The molecule has 1 aromatic carbocycles. The molecule has 0 saturated carbocycles. The molecule has 0 fully saturated rings. The molecule has 0 radical (unpaired) electrons. The van der Waals surface area contributed by atoms with E-state index in [9.17, 15) is 8.42 Å². The van der Waals surface area contributed by atoms with Gasteiger partial charge in [0, 0.05) is 24.5 Å². The monoisotopic (exact) mass is 297 g/mol. The van der Waals surface area contributed by atoms with Gasteiger partial charge in [0.2, 0.25) is 0 Å². The third-order valence-corrected chi connectivity index (χ3v) is 4.06. The smallest absolute Gasteiger partial charge is 0.265 e. The second-order valence-corrected chi connectivity index (χ2v) is 5.82. The Bertz CT molecular complexity index is 689. The molecule has 7 heteroatoms. The average molecular weight is 298 g/mol. The van der Waals surface area contributed by atoms with E-state index < -0.39 is 10.0 Å². The van der Waals surface area contributed by atoms with Crippen LogP contribution in [0.4, 0.5) is 11.4 Å². The lowest BCUT2D eigenvalue weighted by Crippen LogP contribution is -2.15. The van der Waals surface area contributed by atoms with Crippen molar-refractivity contribution in [3.63, 3.8) is 0 Å². The number of aromatic nitrogens is 1. The molecule has 0 aliphatic rings. The molecule has 0 amide bonds. The maximum atomic E-state index is 12.3. The Labute approximate surface area is 116 Å². The maximum absolute atomic E-state index is 12.3. The molecule has 2 N–H and O–H groups in total. The molecular formula is C12H12ClN3O2S. The van der Waals surface area contributed by atoms with Gasteiger partial charge in [0.05, 0.1) is 11.4 Å². The van der Waals surface area contributed by atoms with Crippen LogP contribution in [0.3, 0.4) is 0 Å². The molecule has 100 valence electrons. The molecular weight excluding hydrogens is 286 g/mol. The first-order chi connectivity index (χ1) is 9.03. The Morgan fingerprint density at radius 3 is 2.74 bits per heavy atom. The summed E-state index contributed by atoms with van der Waals surface area (Å²) in [6.45, 7) is 0. The Kier molecular flexibility index (Phi) is 3.92. The lowest BCUT2D eigenvalue weighted by molar-refractivity contribution is 0.601. The standard InChI is InChI=1S/C12H12ClN3O2S/c1-14-11-5-6-15-8-12(11)19(17,18)16-10-4-2-3-9(13)7-10/h2-8,16H,1H3,(H,14,15). The van der Waals surface area contributed by atoms with Crippen molar-refractivity contribution < 1.29 is 8.42 Å². The molecule has 0 bridgehead atoms. The molecule has 1 aromatic heterocycles. The predicted molar refractivity (Wildman–Crippen MR) is 76.0 cm³/mol. The Balaban J connectivity index is 2.38. The maximum Gasteiger partial charge on any atom is 0.265 e. The number of rotatable bonds is 4. The van der Waals surface area contributed by atoms with E-state index in [0.29, 0.717) is 16.4 Å². The van der Waals surface area contributed by atoms with Crippen molar-refractivity contribution >= 4 is 33.0 Å². The molecule has 19 heavy (non-hydrogen) atoms. The molecule has 5 nitrogen and oxygen atoms in total. The van der Waals surface area contributed by atoms with Crippen LogP contribution in [0.15, 0.2) is 47.6 Å². The number of nitrogens with one attached hydrogen (secondary N) is 2. The van der Waals surface area contributed by atoms with Crippen LogP contribution in [0.5, 0.6) is 0 Å². The van der Waals surface area contributed by atoms with Gasteiger partial charge in [-0.25, -0.2) is 8.42 Å². The lowest BCUT2D eigenvalue weighted by Gasteiger charge is -2.11. The fraction of sp³-hybridized carbons (Fsp3) is 0.0833. The number of halogens is 1. The van der Waals surface area contributed by atoms with Crippen molar-refractivity contribution in [2.45, 2.75) is 4.90 Å². The van der Waals surface area contributed by atoms with E-state index >= 15 is 0 Å². The van der Waals surface area contributed by atoms with Gasteiger partial charge < -0.3 is 5.32 Å². The van der Waals surface area contributed by atoms with Crippen molar-refractivity contribution in [1.82, 2.24) is 4.98 Å². The number of benzene rings is 1. The topological polar surface area (TPSA) is 71.1 Å². The van der Waals surface area contributed by atoms with Crippen LogP contribution in [0, 0.1) is 0 Å². The van der Waals surface area contributed by atoms with Crippen LogP contribution in [0.1, 0.15) is 0 Å². The Hall–Kier alpha value is -1.79. The summed E-state index contributed by atoms with van der Waals surface area (Å²) >= 11 is 5.82. The van der Waals surface area contributed by atoms with E-state index in [1.165, 1.54) is 18.5 Å². The quantitative estimate of drug-likeness (QED) is 0.910. The molecule has 0 spiro atoms. The molecule has 0 aliphatic heterocycles. The number of nitrogens with zero attached hydrogens (tertiary/aromatic N) is 1. The summed E-state index contributed by atoms with van der Waals surface area (Å²) in [7, 11) is -2.06. The summed E-state index contributed by atoms with van der Waals surface area (Å²) in [5, 5.41) is 3.27. The molecule has 0 saturated heterocycles. The second-order valence-electron chi connectivity index (χ2n) is 3.74. The van der Waals surface area contributed by atoms with Gasteiger partial charge in [0.15, 0.2) is 0 Å². The first-order valence-corrected chi connectivity index (χ1v) is 7.29. The number of hydrogen-bond acceptors (Lipinski definition) is 4. The molecule has 2 aromatic rings. The van der Waals surface area contributed by atoms with Crippen molar-refractivity contribution in [3.05, 3.63) is 47.7 Å². The summed E-state index contributed by atoms with van der Waals surface area (Å²) < 4.78 is 27.0. The summed E-state index contributed by atoms with van der Waals surface area (Å²) in [5.41, 5.74) is 0.878. The normalized spacial score (nSPS) is 11.1. The number of sulfonamides is 1. The third kappa shape index (κ3) is 3.15. The summed E-state index contributed by atoms with van der Waals surface area (Å²) in [6.07, 6.45) is 2.81. The van der Waals surface area contributed by atoms with Crippen molar-refractivity contribution in [1.29, 1.82) is 0 Å². The van der Waals surface area contributed by atoms with E-state index in [1.807, 2.05) is 0 Å². The zero-order valence-electron chi connectivity index (χ0n) is 10.1. The highest BCUT2D eigenvalue weighted by molar-refractivity contribution is 7.92. The highest BCUT2D eigenvalue weighted by atomic mass is 35.5. The van der Waals surface area contributed by atoms with Gasteiger partial charge in [-0.05, 0) is 24.3 Å². The predicted octanol–water partition coefficient (Wildman–Crippen LogP) is 2.58. The van der Waals surface area contributed by atoms with Gasteiger partial charge in [-0.3, -0.25) is 9.71 Å². The molecule has 0 unspecified atom stereocenters. The van der Waals surface area contributed by atoms with E-state index in [-0.39, 0.29) is 4.90 Å². The molecule has 2 rings (SSSR count). The Morgan fingerprint density at radius 1 is 1.26 bits per heavy atom. The highest BCUT2D eigenvalue weighted by Gasteiger charge is 2.18. The first kappa shape index (κ1) is 13.6. The van der Waals surface area contributed by atoms with Gasteiger partial charge in [0.1, 0.15) is 4.90 Å². The van der Waals surface area contributed by atoms with Crippen LogP contribution in [-0.2, 0) is 10.0 Å². The van der Waals surface area contributed by atoms with Gasteiger partial charge >= 0.3 is 0 Å². The third-order valence-electron chi connectivity index (χ3n) is 2.42. The summed E-state index contributed by atoms with van der Waals surface area (Å²) in [5.74, 6) is 0. The average Bonchev–Trinajstić information content (AvgIpc) is 2.38. The summed E-state index contributed by atoms with van der Waals surface area (Å²) in [6, 6.07) is 8.09. The van der Waals surface area contributed by atoms with Crippen LogP contribution < -0.4 is 10.0 Å². The Morgan fingerprint density at radius 2 is 2.05 bits per heavy atom. The highest BCUT2D eigenvalue weighted by Crippen LogP contribution is 2.23. The van der Waals surface area contributed by atoms with Gasteiger partial charge in [0.25, 0.3) is 10.0 Å². The minimum absolute atomic E-state index is 0.0810. The molecule has 0 atom stereocenters. The second kappa shape index (κ2) is 5.46. The van der Waals surface area contributed by atoms with Gasteiger partial charge in [-0.15, -0.1) is 0 Å². The number of hydrogen-bond donors (Lipinski definition) is 2. The number of pyridine rings is 1. The van der Waals surface area contributed by atoms with E-state index in [0.717, 1.165) is 0 Å². The first-order valence-electron chi connectivity index (χ1n) is 5.43. The van der Waals surface area contributed by atoms with Crippen molar-refractivity contribution in [2.24, 2.45) is 0 Å². The number of anilines is 2. The van der Waals surface area contributed by atoms with Crippen molar-refractivity contribution in [3.8, 4) is 0 Å². The van der Waals surface area contributed by atoms with Crippen LogP contribution >= 0.6 is 11.6 Å². The van der Waals surface area contributed by atoms with Gasteiger partial charge in [-0.2, -0.15) is 0 Å². The lowest BCUT2D eigenvalue weighted by atomic mass is 10.3. The van der Waals surface area contributed by atoms with Crippen molar-refractivity contribution in [2.75, 3.05) is 17.1 Å². The van der Waals surface area contributed by atoms with E-state index in [2.05, 4.69) is 15.0 Å². The summed E-state index contributed by atoms with van der Waals surface area (Å²) in [4.78, 5) is 3.91. The largest absolute Gasteiger partial charge is 0.387 e. The molecule has 1 heterocycles. The van der Waals surface area contributed by atoms with E-state index in [1.54, 1.807) is 31.3 Å². The minimum Gasteiger partial charge on any atom is -0.387 e. The fourth-order valence-electron chi connectivity index (χ4n) is 1.56. The SMILES string of the molecule is CNc1ccncc1S(=O)(=O)Nc1cccc(Cl)c1. The van der Waals surface area contributed by atoms with Crippen LogP contribution in [0.25, 0.3) is 0 Å². The minimum atomic E-state index is -3.71. The van der Waals surface area contributed by atoms with Crippen LogP contribution in [0.2, 0.25) is 5.02 Å². The molecule has 0 aliphatic carbocycles.